The summed E-state index contributed by atoms with van der Waals surface area (Å²) in [7, 11) is 0. The Morgan fingerprint density at radius 2 is 2.05 bits per heavy atom. The summed E-state index contributed by atoms with van der Waals surface area (Å²) in [4.78, 5) is 14.5. The fourth-order valence-electron chi connectivity index (χ4n) is 2.94. The molecule has 2 unspecified atom stereocenters. The number of rotatable bonds is 6. The Hall–Kier alpha value is -0.610. The molecular formula is C16H30N2O2. The number of ether oxygens (including phenoxy) is 1. The first-order valence-electron chi connectivity index (χ1n) is 8.05. The average Bonchev–Trinajstić information content (AvgIpc) is 3.03. The van der Waals surface area contributed by atoms with Crippen LogP contribution < -0.4 is 5.32 Å². The first-order valence-corrected chi connectivity index (χ1v) is 8.05. The fourth-order valence-corrected chi connectivity index (χ4v) is 2.94. The maximum absolute atomic E-state index is 12.1. The average molecular weight is 282 g/mol. The van der Waals surface area contributed by atoms with Gasteiger partial charge in [0.2, 0.25) is 0 Å². The Morgan fingerprint density at radius 3 is 2.55 bits per heavy atom. The Labute approximate surface area is 123 Å². The predicted octanol–water partition coefficient (Wildman–Crippen LogP) is 2.04. The van der Waals surface area contributed by atoms with Crippen LogP contribution in [0, 0.1) is 11.3 Å². The third kappa shape index (κ3) is 4.45. The lowest BCUT2D eigenvalue weighted by molar-refractivity contribution is -0.146. The van der Waals surface area contributed by atoms with Gasteiger partial charge in [0.25, 0.3) is 0 Å². The van der Waals surface area contributed by atoms with Gasteiger partial charge in [-0.1, -0.05) is 20.8 Å². The highest BCUT2D eigenvalue weighted by Gasteiger charge is 2.35. The third-order valence-electron chi connectivity index (χ3n) is 4.52. The lowest BCUT2D eigenvalue weighted by atomic mass is 9.80. The van der Waals surface area contributed by atoms with Gasteiger partial charge in [0.05, 0.1) is 6.61 Å². The molecule has 0 aromatic heterocycles. The molecule has 2 aliphatic rings. The molecule has 2 rings (SSSR count). The zero-order valence-electron chi connectivity index (χ0n) is 13.4. The van der Waals surface area contributed by atoms with Crippen molar-refractivity contribution in [3.05, 3.63) is 0 Å². The van der Waals surface area contributed by atoms with Crippen molar-refractivity contribution in [3.8, 4) is 0 Å². The molecule has 4 heteroatoms. The summed E-state index contributed by atoms with van der Waals surface area (Å²) < 4.78 is 5.21. The van der Waals surface area contributed by atoms with Gasteiger partial charge in [-0.15, -0.1) is 0 Å². The van der Waals surface area contributed by atoms with Gasteiger partial charge in [-0.25, -0.2) is 0 Å². The van der Waals surface area contributed by atoms with E-state index in [1.165, 1.54) is 19.3 Å². The molecule has 2 atom stereocenters. The van der Waals surface area contributed by atoms with Crippen LogP contribution in [0.4, 0.5) is 0 Å². The summed E-state index contributed by atoms with van der Waals surface area (Å²) in [6, 6.07) is 0.381. The molecule has 1 N–H and O–H groups in total. The van der Waals surface area contributed by atoms with Crippen LogP contribution in [0.15, 0.2) is 0 Å². The van der Waals surface area contributed by atoms with E-state index < -0.39 is 0 Å². The van der Waals surface area contributed by atoms with Crippen molar-refractivity contribution in [1.29, 1.82) is 0 Å². The van der Waals surface area contributed by atoms with Crippen LogP contribution in [-0.4, -0.2) is 49.2 Å². The van der Waals surface area contributed by atoms with Crippen LogP contribution in [0.5, 0.6) is 0 Å². The second kappa shape index (κ2) is 6.44. The number of carbonyl (C=O) groups is 1. The third-order valence-corrected chi connectivity index (χ3v) is 4.52. The summed E-state index contributed by atoms with van der Waals surface area (Å²) in [5.41, 5.74) is 0.359. The first kappa shape index (κ1) is 15.8. The molecule has 20 heavy (non-hydrogen) atoms. The van der Waals surface area contributed by atoms with Gasteiger partial charge in [0.1, 0.15) is 6.04 Å². The van der Waals surface area contributed by atoms with Gasteiger partial charge in [0, 0.05) is 19.1 Å². The maximum Gasteiger partial charge on any atom is 0.324 e. The Morgan fingerprint density at radius 1 is 1.35 bits per heavy atom. The predicted molar refractivity (Wildman–Crippen MR) is 80.6 cm³/mol. The first-order chi connectivity index (χ1) is 9.40. The van der Waals surface area contributed by atoms with Crippen LogP contribution in [0.25, 0.3) is 0 Å². The quantitative estimate of drug-likeness (QED) is 0.757. The standard InChI is InChI=1S/C16H30N2O2/c1-5-20-15(19)14(17-13-6-7-13)11-18-9-8-12(10-18)16(2,3)4/h12-14,17H,5-11H2,1-4H3. The largest absolute Gasteiger partial charge is 0.465 e. The number of hydrogen-bond acceptors (Lipinski definition) is 4. The molecule has 0 amide bonds. The monoisotopic (exact) mass is 282 g/mol. The van der Waals surface area contributed by atoms with Gasteiger partial charge >= 0.3 is 5.97 Å². The number of esters is 1. The molecule has 0 spiro atoms. The molecule has 0 radical (unpaired) electrons. The van der Waals surface area contributed by atoms with Crippen molar-refractivity contribution >= 4 is 5.97 Å². The highest BCUT2D eigenvalue weighted by Crippen LogP contribution is 2.33. The van der Waals surface area contributed by atoms with Crippen LogP contribution in [-0.2, 0) is 9.53 Å². The highest BCUT2D eigenvalue weighted by atomic mass is 16.5. The normalized spacial score (nSPS) is 25.7. The molecule has 0 bridgehead atoms. The van der Waals surface area contributed by atoms with Crippen LogP contribution in [0.3, 0.4) is 0 Å². The van der Waals surface area contributed by atoms with E-state index in [2.05, 4.69) is 31.0 Å². The van der Waals surface area contributed by atoms with Crippen molar-refractivity contribution in [1.82, 2.24) is 10.2 Å². The summed E-state index contributed by atoms with van der Waals surface area (Å²) in [6.07, 6.45) is 3.63. The van der Waals surface area contributed by atoms with E-state index in [1.54, 1.807) is 0 Å². The van der Waals surface area contributed by atoms with E-state index in [-0.39, 0.29) is 12.0 Å². The summed E-state index contributed by atoms with van der Waals surface area (Å²) in [5.74, 6) is 0.643. The zero-order chi connectivity index (χ0) is 14.8. The van der Waals surface area contributed by atoms with E-state index in [0.717, 1.165) is 25.6 Å². The van der Waals surface area contributed by atoms with Gasteiger partial charge in [-0.05, 0) is 44.1 Å². The lowest BCUT2D eigenvalue weighted by Gasteiger charge is -2.28. The molecule has 1 aliphatic heterocycles. The second-order valence-corrected chi connectivity index (χ2v) is 7.36. The van der Waals surface area contributed by atoms with Gasteiger partial charge in [-0.3, -0.25) is 4.79 Å². The fraction of sp³-hybridized carbons (Fsp3) is 0.938. The summed E-state index contributed by atoms with van der Waals surface area (Å²) in [6.45, 7) is 12.3. The van der Waals surface area contributed by atoms with Gasteiger partial charge < -0.3 is 15.0 Å². The minimum atomic E-state index is -0.152. The molecule has 2 fully saturated rings. The number of nitrogens with zero attached hydrogens (tertiary/aromatic N) is 1. The Kier molecular flexibility index (Phi) is 5.08. The lowest BCUT2D eigenvalue weighted by Crippen LogP contribution is -2.47. The highest BCUT2D eigenvalue weighted by molar-refractivity contribution is 5.76. The molecule has 1 saturated heterocycles. The molecule has 0 aromatic carbocycles. The van der Waals surface area contributed by atoms with Crippen LogP contribution >= 0.6 is 0 Å². The summed E-state index contributed by atoms with van der Waals surface area (Å²) >= 11 is 0. The molecule has 1 saturated carbocycles. The molecule has 0 aromatic rings. The number of carbonyl (C=O) groups excluding carboxylic acids is 1. The van der Waals surface area contributed by atoms with E-state index in [1.807, 2.05) is 6.92 Å². The maximum atomic E-state index is 12.1. The van der Waals surface area contributed by atoms with Crippen molar-refractivity contribution in [2.75, 3.05) is 26.2 Å². The van der Waals surface area contributed by atoms with Crippen molar-refractivity contribution in [2.45, 2.75) is 59.0 Å². The number of hydrogen-bond donors (Lipinski definition) is 1. The molecular weight excluding hydrogens is 252 g/mol. The van der Waals surface area contributed by atoms with E-state index in [0.29, 0.717) is 18.1 Å². The van der Waals surface area contributed by atoms with Crippen molar-refractivity contribution < 1.29 is 9.53 Å². The molecule has 1 aliphatic carbocycles. The Bertz CT molecular complexity index is 334. The van der Waals surface area contributed by atoms with Crippen LogP contribution in [0.2, 0.25) is 0 Å². The van der Waals surface area contributed by atoms with Crippen molar-refractivity contribution in [2.24, 2.45) is 11.3 Å². The zero-order valence-corrected chi connectivity index (χ0v) is 13.4. The topological polar surface area (TPSA) is 41.6 Å². The minimum absolute atomic E-state index is 0.0846. The second-order valence-electron chi connectivity index (χ2n) is 7.36. The SMILES string of the molecule is CCOC(=O)C(CN1CCC(C(C)(C)C)C1)NC1CC1. The molecule has 116 valence electrons. The summed E-state index contributed by atoms with van der Waals surface area (Å²) in [5, 5.41) is 3.44. The van der Waals surface area contributed by atoms with Gasteiger partial charge in [-0.2, -0.15) is 0 Å². The molecule has 1 heterocycles. The van der Waals surface area contributed by atoms with Gasteiger partial charge in [0.15, 0.2) is 0 Å². The van der Waals surface area contributed by atoms with Crippen molar-refractivity contribution in [3.63, 3.8) is 0 Å². The van der Waals surface area contributed by atoms with E-state index in [9.17, 15) is 4.79 Å². The number of likely N-dealkylation sites (tertiary alicyclic amines) is 1. The smallest absolute Gasteiger partial charge is 0.324 e. The van der Waals surface area contributed by atoms with E-state index in [4.69, 9.17) is 4.74 Å². The minimum Gasteiger partial charge on any atom is -0.465 e. The van der Waals surface area contributed by atoms with E-state index >= 15 is 0 Å². The Balaban J connectivity index is 1.86. The number of nitrogens with one attached hydrogen (secondary N) is 1. The molecule has 4 nitrogen and oxygen atoms in total. The van der Waals surface area contributed by atoms with Crippen LogP contribution in [0.1, 0.15) is 47.0 Å².